The molecule has 1 aromatic carbocycles. The van der Waals surface area contributed by atoms with Gasteiger partial charge < -0.3 is 10.0 Å². The van der Waals surface area contributed by atoms with E-state index >= 15 is 0 Å². The van der Waals surface area contributed by atoms with Crippen LogP contribution in [-0.2, 0) is 0 Å². The molecule has 0 saturated carbocycles. The highest BCUT2D eigenvalue weighted by atomic mass is 79.9. The first-order valence-corrected chi connectivity index (χ1v) is 5.77. The lowest BCUT2D eigenvalue weighted by Gasteiger charge is -2.38. The van der Waals surface area contributed by atoms with Crippen LogP contribution in [0.25, 0.3) is 0 Å². The molecule has 1 fully saturated rings. The fourth-order valence-electron chi connectivity index (χ4n) is 1.71. The SMILES string of the molecule is O=C(c1c(F)cccc1Br)N1CC(CO)C1. The molecule has 2 rings (SSSR count). The van der Waals surface area contributed by atoms with Gasteiger partial charge in [-0.15, -0.1) is 0 Å². The van der Waals surface area contributed by atoms with Crippen LogP contribution in [0.5, 0.6) is 0 Å². The van der Waals surface area contributed by atoms with Gasteiger partial charge in [-0.2, -0.15) is 0 Å². The van der Waals surface area contributed by atoms with Crippen LogP contribution in [0.2, 0.25) is 0 Å². The normalized spacial score (nSPS) is 16.1. The van der Waals surface area contributed by atoms with E-state index in [1.165, 1.54) is 11.0 Å². The Labute approximate surface area is 101 Å². The van der Waals surface area contributed by atoms with E-state index in [1.54, 1.807) is 12.1 Å². The van der Waals surface area contributed by atoms with Crippen LogP contribution >= 0.6 is 15.9 Å². The maximum absolute atomic E-state index is 13.5. The smallest absolute Gasteiger partial charge is 0.258 e. The van der Waals surface area contributed by atoms with E-state index in [9.17, 15) is 9.18 Å². The number of amides is 1. The zero-order chi connectivity index (χ0) is 11.7. The molecule has 0 radical (unpaired) electrons. The van der Waals surface area contributed by atoms with Crippen molar-refractivity contribution in [3.63, 3.8) is 0 Å². The van der Waals surface area contributed by atoms with Gasteiger partial charge in [-0.3, -0.25) is 4.79 Å². The summed E-state index contributed by atoms with van der Waals surface area (Å²) in [5.41, 5.74) is 0.0684. The maximum atomic E-state index is 13.5. The van der Waals surface area contributed by atoms with Gasteiger partial charge in [0.2, 0.25) is 0 Å². The van der Waals surface area contributed by atoms with E-state index in [0.29, 0.717) is 17.6 Å². The average molecular weight is 288 g/mol. The number of carbonyl (C=O) groups is 1. The maximum Gasteiger partial charge on any atom is 0.258 e. The lowest BCUT2D eigenvalue weighted by molar-refractivity contribution is 0.0357. The quantitative estimate of drug-likeness (QED) is 0.899. The van der Waals surface area contributed by atoms with Gasteiger partial charge in [0.15, 0.2) is 0 Å². The fraction of sp³-hybridized carbons (Fsp3) is 0.364. The first-order valence-electron chi connectivity index (χ1n) is 4.97. The number of halogens is 2. The van der Waals surface area contributed by atoms with Gasteiger partial charge in [-0.1, -0.05) is 6.07 Å². The second-order valence-corrected chi connectivity index (χ2v) is 4.71. The minimum atomic E-state index is -0.521. The lowest BCUT2D eigenvalue weighted by Crippen LogP contribution is -2.51. The number of aliphatic hydroxyl groups excluding tert-OH is 1. The van der Waals surface area contributed by atoms with Crippen molar-refractivity contribution in [2.75, 3.05) is 19.7 Å². The van der Waals surface area contributed by atoms with E-state index in [-0.39, 0.29) is 24.0 Å². The van der Waals surface area contributed by atoms with Gasteiger partial charge in [0, 0.05) is 30.1 Å². The Hall–Kier alpha value is -0.940. The summed E-state index contributed by atoms with van der Waals surface area (Å²) in [6, 6.07) is 4.45. The van der Waals surface area contributed by atoms with Crippen molar-refractivity contribution in [2.24, 2.45) is 5.92 Å². The predicted molar refractivity (Wildman–Crippen MR) is 60.6 cm³/mol. The van der Waals surface area contributed by atoms with Crippen LogP contribution in [0.4, 0.5) is 4.39 Å². The minimum absolute atomic E-state index is 0.0684. The molecule has 1 N–H and O–H groups in total. The zero-order valence-corrected chi connectivity index (χ0v) is 10.1. The molecule has 1 aliphatic rings. The Morgan fingerprint density at radius 2 is 2.25 bits per heavy atom. The molecule has 1 aromatic rings. The second-order valence-electron chi connectivity index (χ2n) is 3.86. The van der Waals surface area contributed by atoms with Gasteiger partial charge in [0.1, 0.15) is 5.82 Å². The predicted octanol–water partition coefficient (Wildman–Crippen LogP) is 1.65. The van der Waals surface area contributed by atoms with E-state index in [4.69, 9.17) is 5.11 Å². The Kier molecular flexibility index (Phi) is 3.25. The highest BCUT2D eigenvalue weighted by molar-refractivity contribution is 9.10. The lowest BCUT2D eigenvalue weighted by atomic mass is 10.00. The molecule has 0 bridgehead atoms. The first kappa shape index (κ1) is 11.5. The van der Waals surface area contributed by atoms with Gasteiger partial charge >= 0.3 is 0 Å². The molecule has 0 aromatic heterocycles. The van der Waals surface area contributed by atoms with Crippen molar-refractivity contribution in [1.29, 1.82) is 0 Å². The van der Waals surface area contributed by atoms with Crippen molar-refractivity contribution < 1.29 is 14.3 Å². The molecule has 0 aliphatic carbocycles. The highest BCUT2D eigenvalue weighted by Crippen LogP contribution is 2.25. The number of rotatable bonds is 2. The Balaban J connectivity index is 2.16. The van der Waals surface area contributed by atoms with Crippen LogP contribution in [0.1, 0.15) is 10.4 Å². The molecule has 16 heavy (non-hydrogen) atoms. The molecule has 1 aliphatic heterocycles. The van der Waals surface area contributed by atoms with Crippen LogP contribution < -0.4 is 0 Å². The third-order valence-corrected chi connectivity index (χ3v) is 3.34. The standard InChI is InChI=1S/C11H11BrFNO2/c12-8-2-1-3-9(13)10(8)11(16)14-4-7(5-14)6-15/h1-3,7,15H,4-6H2. The molecule has 1 saturated heterocycles. The Morgan fingerprint density at radius 3 is 2.81 bits per heavy atom. The van der Waals surface area contributed by atoms with Crippen molar-refractivity contribution >= 4 is 21.8 Å². The van der Waals surface area contributed by atoms with Crippen LogP contribution in [0.3, 0.4) is 0 Å². The van der Waals surface area contributed by atoms with E-state index in [2.05, 4.69) is 15.9 Å². The molecule has 1 heterocycles. The monoisotopic (exact) mass is 287 g/mol. The summed E-state index contributed by atoms with van der Waals surface area (Å²) in [4.78, 5) is 13.4. The number of benzene rings is 1. The van der Waals surface area contributed by atoms with Crippen molar-refractivity contribution in [3.8, 4) is 0 Å². The number of likely N-dealkylation sites (tertiary alicyclic amines) is 1. The zero-order valence-electron chi connectivity index (χ0n) is 8.49. The minimum Gasteiger partial charge on any atom is -0.396 e. The average Bonchev–Trinajstić information content (AvgIpc) is 2.15. The van der Waals surface area contributed by atoms with E-state index in [0.717, 1.165) is 0 Å². The van der Waals surface area contributed by atoms with Crippen molar-refractivity contribution in [1.82, 2.24) is 4.90 Å². The summed E-state index contributed by atoms with van der Waals surface area (Å²) in [5.74, 6) is -0.712. The topological polar surface area (TPSA) is 40.5 Å². The Bertz CT molecular complexity index is 398. The summed E-state index contributed by atoms with van der Waals surface area (Å²) >= 11 is 3.16. The number of aliphatic hydroxyl groups is 1. The molecule has 0 atom stereocenters. The third kappa shape index (κ3) is 1.97. The van der Waals surface area contributed by atoms with Crippen molar-refractivity contribution in [3.05, 3.63) is 34.1 Å². The summed E-state index contributed by atoms with van der Waals surface area (Å²) < 4.78 is 13.9. The number of nitrogens with zero attached hydrogens (tertiary/aromatic N) is 1. The first-order chi connectivity index (χ1) is 7.63. The van der Waals surface area contributed by atoms with Gasteiger partial charge in [-0.25, -0.2) is 4.39 Å². The third-order valence-electron chi connectivity index (χ3n) is 2.68. The number of carbonyl (C=O) groups excluding carboxylic acids is 1. The van der Waals surface area contributed by atoms with Crippen LogP contribution in [0, 0.1) is 11.7 Å². The molecule has 5 heteroatoms. The number of hydrogen-bond donors (Lipinski definition) is 1. The van der Waals surface area contributed by atoms with Gasteiger partial charge in [0.05, 0.1) is 5.56 Å². The molecule has 0 spiro atoms. The van der Waals surface area contributed by atoms with Gasteiger partial charge in [-0.05, 0) is 28.1 Å². The van der Waals surface area contributed by atoms with Crippen LogP contribution in [-0.4, -0.2) is 35.6 Å². The summed E-state index contributed by atoms with van der Waals surface area (Å²) in [5, 5.41) is 8.84. The van der Waals surface area contributed by atoms with E-state index < -0.39 is 5.82 Å². The van der Waals surface area contributed by atoms with Crippen LogP contribution in [0.15, 0.2) is 22.7 Å². The van der Waals surface area contributed by atoms with Gasteiger partial charge in [0.25, 0.3) is 5.91 Å². The van der Waals surface area contributed by atoms with E-state index in [1.807, 2.05) is 0 Å². The molecule has 86 valence electrons. The van der Waals surface area contributed by atoms with Crippen molar-refractivity contribution in [2.45, 2.75) is 0 Å². The molecule has 1 amide bonds. The molecule has 0 unspecified atom stereocenters. The molecular weight excluding hydrogens is 277 g/mol. The highest BCUT2D eigenvalue weighted by Gasteiger charge is 2.32. The second kappa shape index (κ2) is 4.51. The number of hydrogen-bond acceptors (Lipinski definition) is 2. The molecular formula is C11H11BrFNO2. The molecule has 3 nitrogen and oxygen atoms in total. The Morgan fingerprint density at radius 1 is 1.56 bits per heavy atom. The summed E-state index contributed by atoms with van der Waals surface area (Å²) in [6.45, 7) is 1.06. The summed E-state index contributed by atoms with van der Waals surface area (Å²) in [6.07, 6.45) is 0. The summed E-state index contributed by atoms with van der Waals surface area (Å²) in [7, 11) is 0. The largest absolute Gasteiger partial charge is 0.396 e. The fourth-order valence-corrected chi connectivity index (χ4v) is 2.22.